The molecule has 5 nitrogen and oxygen atoms in total. The Morgan fingerprint density at radius 3 is 2.20 bits per heavy atom. The molecule has 1 heterocycles. The molecule has 0 aliphatic carbocycles. The van der Waals surface area contributed by atoms with Gasteiger partial charge in [0.1, 0.15) is 6.61 Å². The summed E-state index contributed by atoms with van der Waals surface area (Å²) in [4.78, 5) is 39.0. The third-order valence-corrected chi connectivity index (χ3v) is 5.20. The summed E-state index contributed by atoms with van der Waals surface area (Å²) in [6, 6.07) is 19.0. The molecule has 0 N–H and O–H groups in total. The molecule has 1 aliphatic heterocycles. The number of nitrogens with zero attached hydrogens (tertiary/aromatic N) is 1. The topological polar surface area (TPSA) is 63.7 Å². The molecule has 1 aliphatic rings. The molecule has 0 saturated heterocycles. The minimum atomic E-state index is -0.547. The van der Waals surface area contributed by atoms with E-state index in [0.29, 0.717) is 5.02 Å². The average molecular weight is 420 g/mol. The van der Waals surface area contributed by atoms with E-state index in [1.54, 1.807) is 24.3 Å². The molecule has 2 amide bonds. The van der Waals surface area contributed by atoms with Gasteiger partial charge in [0.2, 0.25) is 0 Å². The Balaban J connectivity index is 1.48. The highest BCUT2D eigenvalue weighted by molar-refractivity contribution is 6.30. The molecule has 0 atom stereocenters. The van der Waals surface area contributed by atoms with Crippen LogP contribution in [0, 0.1) is 6.92 Å². The fraction of sp³-hybridized carbons (Fsp3) is 0.125. The van der Waals surface area contributed by atoms with Crippen LogP contribution in [-0.4, -0.2) is 22.7 Å². The molecule has 0 bridgehead atoms. The fourth-order valence-electron chi connectivity index (χ4n) is 3.25. The van der Waals surface area contributed by atoms with Crippen molar-refractivity contribution in [1.82, 2.24) is 4.90 Å². The van der Waals surface area contributed by atoms with Gasteiger partial charge in [-0.25, -0.2) is 4.79 Å². The number of fused-ring (bicyclic) bond motifs is 1. The fourth-order valence-corrected chi connectivity index (χ4v) is 3.38. The maximum Gasteiger partial charge on any atom is 0.338 e. The summed E-state index contributed by atoms with van der Waals surface area (Å²) >= 11 is 5.89. The molecule has 0 radical (unpaired) electrons. The predicted octanol–water partition coefficient (Wildman–Crippen LogP) is 4.80. The minimum absolute atomic E-state index is 0.131. The summed E-state index contributed by atoms with van der Waals surface area (Å²) < 4.78 is 5.35. The van der Waals surface area contributed by atoms with Crippen LogP contribution < -0.4 is 0 Å². The van der Waals surface area contributed by atoms with Crippen LogP contribution in [0.15, 0.2) is 66.7 Å². The Morgan fingerprint density at radius 1 is 0.867 bits per heavy atom. The van der Waals surface area contributed by atoms with Gasteiger partial charge in [-0.1, -0.05) is 53.6 Å². The second-order valence-electron chi connectivity index (χ2n) is 7.15. The highest BCUT2D eigenvalue weighted by Crippen LogP contribution is 2.26. The number of carbonyl (C=O) groups is 3. The van der Waals surface area contributed by atoms with Gasteiger partial charge in [-0.05, 0) is 48.4 Å². The Labute approximate surface area is 178 Å². The summed E-state index contributed by atoms with van der Waals surface area (Å²) in [5.74, 6) is -1.36. The molecule has 0 saturated carbocycles. The first-order chi connectivity index (χ1) is 14.4. The lowest BCUT2D eigenvalue weighted by Crippen LogP contribution is -2.29. The number of aryl methyl sites for hydroxylation is 1. The third-order valence-electron chi connectivity index (χ3n) is 4.95. The van der Waals surface area contributed by atoms with Crippen LogP contribution in [0.4, 0.5) is 0 Å². The van der Waals surface area contributed by atoms with Gasteiger partial charge in [0.05, 0.1) is 23.2 Å². The molecular formula is C24H18ClNO4. The van der Waals surface area contributed by atoms with Crippen LogP contribution in [0.1, 0.15) is 47.8 Å². The van der Waals surface area contributed by atoms with Crippen molar-refractivity contribution >= 4 is 29.4 Å². The Morgan fingerprint density at radius 2 is 1.50 bits per heavy atom. The lowest BCUT2D eigenvalue weighted by molar-refractivity contribution is 0.0472. The first-order valence-corrected chi connectivity index (χ1v) is 9.77. The van der Waals surface area contributed by atoms with Crippen molar-refractivity contribution < 1.29 is 19.1 Å². The monoisotopic (exact) mass is 419 g/mol. The van der Waals surface area contributed by atoms with Gasteiger partial charge in [0.15, 0.2) is 0 Å². The van der Waals surface area contributed by atoms with Gasteiger partial charge in [0, 0.05) is 5.02 Å². The summed E-state index contributed by atoms with van der Waals surface area (Å²) in [5, 5.41) is 0.579. The van der Waals surface area contributed by atoms with Crippen LogP contribution in [0.2, 0.25) is 5.02 Å². The molecule has 0 unspecified atom stereocenters. The van der Waals surface area contributed by atoms with Crippen LogP contribution >= 0.6 is 11.6 Å². The SMILES string of the molecule is Cc1ccc(COC(=O)c2ccc3c(c2)C(=O)N(Cc2ccc(Cl)cc2)C3=O)cc1. The molecular weight excluding hydrogens is 402 g/mol. The highest BCUT2D eigenvalue weighted by atomic mass is 35.5. The second kappa shape index (κ2) is 8.13. The third kappa shape index (κ3) is 3.98. The zero-order valence-corrected chi connectivity index (χ0v) is 17.0. The molecule has 4 rings (SSSR count). The van der Waals surface area contributed by atoms with Crippen molar-refractivity contribution in [2.75, 3.05) is 0 Å². The summed E-state index contributed by atoms with van der Waals surface area (Å²) in [6.45, 7) is 2.25. The van der Waals surface area contributed by atoms with E-state index < -0.39 is 11.9 Å². The second-order valence-corrected chi connectivity index (χ2v) is 7.58. The van der Waals surface area contributed by atoms with Gasteiger partial charge < -0.3 is 4.74 Å². The summed E-state index contributed by atoms with van der Waals surface area (Å²) in [7, 11) is 0. The normalized spacial score (nSPS) is 12.8. The predicted molar refractivity (Wildman–Crippen MR) is 112 cm³/mol. The standard InChI is InChI=1S/C24H18ClNO4/c1-15-2-4-17(5-3-15)14-30-24(29)18-8-11-20-21(12-18)23(28)26(22(20)27)13-16-6-9-19(25)10-7-16/h2-12H,13-14H2,1H3. The van der Waals surface area contributed by atoms with Crippen molar-refractivity contribution in [2.45, 2.75) is 20.1 Å². The average Bonchev–Trinajstić information content (AvgIpc) is 2.99. The van der Waals surface area contributed by atoms with E-state index in [9.17, 15) is 14.4 Å². The Hall–Kier alpha value is -3.44. The van der Waals surface area contributed by atoms with Gasteiger partial charge in [-0.15, -0.1) is 0 Å². The Kier molecular flexibility index (Phi) is 5.38. The molecule has 0 spiro atoms. The zero-order chi connectivity index (χ0) is 21.3. The molecule has 0 aromatic heterocycles. The molecule has 0 fully saturated rings. The zero-order valence-electron chi connectivity index (χ0n) is 16.2. The van der Waals surface area contributed by atoms with E-state index in [0.717, 1.165) is 21.6 Å². The number of hydrogen-bond acceptors (Lipinski definition) is 4. The number of carbonyl (C=O) groups excluding carboxylic acids is 3. The van der Waals surface area contributed by atoms with Gasteiger partial charge in [-0.3, -0.25) is 14.5 Å². The quantitative estimate of drug-likeness (QED) is 0.440. The van der Waals surface area contributed by atoms with E-state index in [4.69, 9.17) is 16.3 Å². The number of imide groups is 1. The number of ether oxygens (including phenoxy) is 1. The van der Waals surface area contributed by atoms with Gasteiger partial charge in [0.25, 0.3) is 11.8 Å². The van der Waals surface area contributed by atoms with Crippen LogP contribution in [0.25, 0.3) is 0 Å². The van der Waals surface area contributed by atoms with Crippen LogP contribution in [0.3, 0.4) is 0 Å². The molecule has 6 heteroatoms. The first-order valence-electron chi connectivity index (χ1n) is 9.40. The van der Waals surface area contributed by atoms with Gasteiger partial charge >= 0.3 is 5.97 Å². The van der Waals surface area contributed by atoms with Crippen molar-refractivity contribution in [3.8, 4) is 0 Å². The number of benzene rings is 3. The maximum atomic E-state index is 12.8. The van der Waals surface area contributed by atoms with Crippen molar-refractivity contribution in [1.29, 1.82) is 0 Å². The van der Waals surface area contributed by atoms with Crippen molar-refractivity contribution in [3.63, 3.8) is 0 Å². The number of rotatable bonds is 5. The largest absolute Gasteiger partial charge is 0.457 e. The number of amides is 2. The molecule has 3 aromatic rings. The molecule has 30 heavy (non-hydrogen) atoms. The van der Waals surface area contributed by atoms with E-state index in [1.807, 2.05) is 31.2 Å². The Bertz CT molecular complexity index is 1140. The van der Waals surface area contributed by atoms with E-state index in [-0.39, 0.29) is 35.7 Å². The van der Waals surface area contributed by atoms with Crippen molar-refractivity contribution in [2.24, 2.45) is 0 Å². The lowest BCUT2D eigenvalue weighted by Gasteiger charge is -2.13. The molecule has 150 valence electrons. The highest BCUT2D eigenvalue weighted by Gasteiger charge is 2.36. The van der Waals surface area contributed by atoms with Gasteiger partial charge in [-0.2, -0.15) is 0 Å². The van der Waals surface area contributed by atoms with E-state index in [1.165, 1.54) is 18.2 Å². The summed E-state index contributed by atoms with van der Waals surface area (Å²) in [5.41, 5.74) is 3.50. The summed E-state index contributed by atoms with van der Waals surface area (Å²) in [6.07, 6.45) is 0. The first kappa shape index (κ1) is 19.9. The van der Waals surface area contributed by atoms with E-state index in [2.05, 4.69) is 0 Å². The minimum Gasteiger partial charge on any atom is -0.457 e. The maximum absolute atomic E-state index is 12.8. The molecule has 3 aromatic carbocycles. The number of esters is 1. The van der Waals surface area contributed by atoms with Crippen LogP contribution in [0.5, 0.6) is 0 Å². The number of hydrogen-bond donors (Lipinski definition) is 0. The van der Waals surface area contributed by atoms with Crippen molar-refractivity contribution in [3.05, 3.63) is 105 Å². The van der Waals surface area contributed by atoms with Crippen LogP contribution in [-0.2, 0) is 17.9 Å². The van der Waals surface area contributed by atoms with E-state index >= 15 is 0 Å². The number of halogens is 1. The lowest BCUT2D eigenvalue weighted by atomic mass is 10.1. The smallest absolute Gasteiger partial charge is 0.338 e.